The average molecular weight is 1160 g/mol. The van der Waals surface area contributed by atoms with Crippen LogP contribution in [0.5, 0.6) is 0 Å². The topological polar surface area (TPSA) is 95.9 Å². The number of nitrogens with one attached hydrogen (secondary N) is 1. The number of hydrogen-bond donors (Lipinski definition) is 3. The third-order valence-electron chi connectivity index (χ3n) is 18.1. The van der Waals surface area contributed by atoms with Crippen molar-refractivity contribution in [2.24, 2.45) is 0 Å². The number of ether oxygens (including phenoxy) is 1. The first kappa shape index (κ1) is 80.6. The molecule has 0 aliphatic heterocycles. The normalized spacial score (nSPS) is 12.5. The summed E-state index contributed by atoms with van der Waals surface area (Å²) in [5.74, 6) is -0.00288. The maximum atomic E-state index is 12.5. The van der Waals surface area contributed by atoms with Crippen LogP contribution in [-0.2, 0) is 14.3 Å². The number of unbranched alkanes of at least 4 members (excludes halogenated alkanes) is 59. The molecule has 1 amide bonds. The predicted molar refractivity (Wildman–Crippen MR) is 361 cm³/mol. The van der Waals surface area contributed by atoms with Gasteiger partial charge in [0.05, 0.1) is 25.4 Å². The summed E-state index contributed by atoms with van der Waals surface area (Å²) < 4.78 is 5.51. The van der Waals surface area contributed by atoms with Crippen molar-refractivity contribution >= 4 is 11.9 Å². The number of rotatable bonds is 72. The third kappa shape index (κ3) is 67.7. The molecule has 0 aromatic rings. The molecule has 3 N–H and O–H groups in total. The standard InChI is InChI=1S/C76H149NO5/c1-3-5-7-9-11-13-15-17-41-46-50-54-58-62-66-70-76(81)82-71-67-63-59-55-51-47-43-40-38-36-34-32-30-28-26-24-22-20-18-19-21-23-25-27-29-31-33-35-37-39-42-45-49-53-57-61-65-69-75(80)77-73(72-78)74(79)68-64-60-56-52-48-44-16-14-12-10-8-6-4-2/h18,20,73-74,78-79H,3-17,19,21-72H2,1-2H3,(H,77,80)/b20-18-. The summed E-state index contributed by atoms with van der Waals surface area (Å²) in [5.41, 5.74) is 0. The fraction of sp³-hybridized carbons (Fsp3) is 0.947. The Labute approximate surface area is 514 Å². The monoisotopic (exact) mass is 1160 g/mol. The maximum Gasteiger partial charge on any atom is 0.305 e. The number of hydrogen-bond acceptors (Lipinski definition) is 5. The van der Waals surface area contributed by atoms with Crippen molar-refractivity contribution in [3.8, 4) is 0 Å². The molecule has 0 aliphatic rings. The molecular weight excluding hydrogens is 1010 g/mol. The summed E-state index contributed by atoms with van der Waals surface area (Å²) in [6.07, 6.45) is 90.2. The molecule has 0 rings (SSSR count). The lowest BCUT2D eigenvalue weighted by molar-refractivity contribution is -0.143. The van der Waals surface area contributed by atoms with Gasteiger partial charge in [-0.2, -0.15) is 0 Å². The Morgan fingerprint density at radius 2 is 0.573 bits per heavy atom. The minimum absolute atomic E-state index is 0.0253. The Balaban J connectivity index is 3.30. The van der Waals surface area contributed by atoms with Crippen LogP contribution in [0.1, 0.15) is 438 Å². The lowest BCUT2D eigenvalue weighted by atomic mass is 10.0. The summed E-state index contributed by atoms with van der Waals surface area (Å²) in [6, 6.07) is -0.537. The van der Waals surface area contributed by atoms with Crippen LogP contribution in [0.25, 0.3) is 0 Å². The fourth-order valence-electron chi connectivity index (χ4n) is 12.3. The number of esters is 1. The van der Waals surface area contributed by atoms with E-state index in [1.54, 1.807) is 0 Å². The molecule has 0 aromatic carbocycles. The first-order valence-electron chi connectivity index (χ1n) is 37.9. The lowest BCUT2D eigenvalue weighted by Crippen LogP contribution is -2.45. The van der Waals surface area contributed by atoms with E-state index in [1.165, 1.54) is 366 Å². The van der Waals surface area contributed by atoms with Gasteiger partial charge in [-0.25, -0.2) is 0 Å². The van der Waals surface area contributed by atoms with Gasteiger partial charge in [-0.3, -0.25) is 9.59 Å². The molecule has 0 bridgehead atoms. The van der Waals surface area contributed by atoms with Gasteiger partial charge >= 0.3 is 5.97 Å². The quantitative estimate of drug-likeness (QED) is 0.0320. The number of aliphatic hydroxyl groups is 2. The van der Waals surface area contributed by atoms with E-state index >= 15 is 0 Å². The number of allylic oxidation sites excluding steroid dienone is 2. The summed E-state index contributed by atoms with van der Waals surface area (Å²) in [7, 11) is 0. The van der Waals surface area contributed by atoms with Crippen molar-refractivity contribution in [1.29, 1.82) is 0 Å². The van der Waals surface area contributed by atoms with Crippen LogP contribution in [0, 0.1) is 0 Å². The zero-order valence-corrected chi connectivity index (χ0v) is 56.0. The molecular formula is C76H149NO5. The van der Waals surface area contributed by atoms with Crippen LogP contribution in [-0.4, -0.2) is 47.4 Å². The molecule has 0 radical (unpaired) electrons. The lowest BCUT2D eigenvalue weighted by Gasteiger charge is -2.22. The number of carbonyl (C=O) groups excluding carboxylic acids is 2. The van der Waals surface area contributed by atoms with E-state index in [-0.39, 0.29) is 18.5 Å². The molecule has 0 saturated heterocycles. The van der Waals surface area contributed by atoms with E-state index in [2.05, 4.69) is 31.3 Å². The highest BCUT2D eigenvalue weighted by molar-refractivity contribution is 5.76. The minimum atomic E-state index is -0.660. The molecule has 2 unspecified atom stereocenters. The molecule has 0 spiro atoms. The smallest absolute Gasteiger partial charge is 0.305 e. The van der Waals surface area contributed by atoms with E-state index in [4.69, 9.17) is 4.74 Å². The van der Waals surface area contributed by atoms with Crippen molar-refractivity contribution in [2.75, 3.05) is 13.2 Å². The van der Waals surface area contributed by atoms with Gasteiger partial charge in [0.1, 0.15) is 0 Å². The SMILES string of the molecule is CCCCCCCCCCCCCCCCCC(=O)OCCCCCCCCCCCCCCCCCC/C=C\CCCCCCCCCCCCCCCCCCCC(=O)NC(CO)C(O)CCCCCCCCCCCCCCC. The molecule has 0 aromatic heterocycles. The van der Waals surface area contributed by atoms with E-state index in [9.17, 15) is 19.8 Å². The van der Waals surface area contributed by atoms with Gasteiger partial charge in [-0.15, -0.1) is 0 Å². The largest absolute Gasteiger partial charge is 0.466 e. The summed E-state index contributed by atoms with van der Waals surface area (Å²) in [5, 5.41) is 23.3. The second-order valence-electron chi connectivity index (χ2n) is 26.3. The summed E-state index contributed by atoms with van der Waals surface area (Å²) >= 11 is 0. The minimum Gasteiger partial charge on any atom is -0.466 e. The zero-order valence-electron chi connectivity index (χ0n) is 56.0. The maximum absolute atomic E-state index is 12.5. The highest BCUT2D eigenvalue weighted by Crippen LogP contribution is 2.20. The van der Waals surface area contributed by atoms with Gasteiger partial charge < -0.3 is 20.3 Å². The van der Waals surface area contributed by atoms with Gasteiger partial charge in [0, 0.05) is 12.8 Å². The van der Waals surface area contributed by atoms with Crippen LogP contribution in [0.3, 0.4) is 0 Å². The van der Waals surface area contributed by atoms with Crippen molar-refractivity contribution in [3.05, 3.63) is 12.2 Å². The van der Waals surface area contributed by atoms with E-state index < -0.39 is 12.1 Å². The highest BCUT2D eigenvalue weighted by atomic mass is 16.5. The molecule has 0 heterocycles. The van der Waals surface area contributed by atoms with E-state index in [1.807, 2.05) is 0 Å². The molecule has 6 nitrogen and oxygen atoms in total. The Morgan fingerprint density at radius 1 is 0.329 bits per heavy atom. The molecule has 0 fully saturated rings. The first-order valence-corrected chi connectivity index (χ1v) is 37.9. The Kier molecular flexibility index (Phi) is 70.8. The van der Waals surface area contributed by atoms with E-state index in [0.29, 0.717) is 25.9 Å². The predicted octanol–water partition coefficient (Wildman–Crippen LogP) is 24.7. The van der Waals surface area contributed by atoms with Gasteiger partial charge in [0.15, 0.2) is 0 Å². The van der Waals surface area contributed by atoms with Crippen molar-refractivity contribution in [1.82, 2.24) is 5.32 Å². The molecule has 6 heteroatoms. The summed E-state index contributed by atoms with van der Waals surface area (Å²) in [4.78, 5) is 24.6. The van der Waals surface area contributed by atoms with Gasteiger partial charge in [-0.1, -0.05) is 386 Å². The number of aliphatic hydroxyl groups excluding tert-OH is 2. The van der Waals surface area contributed by atoms with Gasteiger partial charge in [-0.05, 0) is 51.4 Å². The fourth-order valence-corrected chi connectivity index (χ4v) is 12.3. The first-order chi connectivity index (χ1) is 40.5. The van der Waals surface area contributed by atoms with E-state index in [0.717, 1.165) is 38.5 Å². The molecule has 488 valence electrons. The van der Waals surface area contributed by atoms with Gasteiger partial charge in [0.25, 0.3) is 0 Å². The Hall–Kier alpha value is -1.40. The second-order valence-corrected chi connectivity index (χ2v) is 26.3. The zero-order chi connectivity index (χ0) is 59.2. The highest BCUT2D eigenvalue weighted by Gasteiger charge is 2.20. The van der Waals surface area contributed by atoms with Gasteiger partial charge in [0.2, 0.25) is 5.91 Å². The molecule has 0 saturated carbocycles. The van der Waals surface area contributed by atoms with Crippen molar-refractivity contribution in [2.45, 2.75) is 450 Å². The van der Waals surface area contributed by atoms with Crippen LogP contribution in [0.15, 0.2) is 12.2 Å². The molecule has 82 heavy (non-hydrogen) atoms. The van der Waals surface area contributed by atoms with Crippen LogP contribution in [0.2, 0.25) is 0 Å². The van der Waals surface area contributed by atoms with Crippen molar-refractivity contribution < 1.29 is 24.5 Å². The average Bonchev–Trinajstić information content (AvgIpc) is 3.48. The number of amides is 1. The molecule has 0 aliphatic carbocycles. The molecule has 2 atom stereocenters. The summed E-state index contributed by atoms with van der Waals surface area (Å²) in [6.45, 7) is 5.00. The Morgan fingerprint density at radius 3 is 0.866 bits per heavy atom. The Bertz CT molecular complexity index is 1240. The second kappa shape index (κ2) is 72.1. The number of carbonyl (C=O) groups is 2. The van der Waals surface area contributed by atoms with Crippen LogP contribution < -0.4 is 5.32 Å². The third-order valence-corrected chi connectivity index (χ3v) is 18.1. The van der Waals surface area contributed by atoms with Crippen LogP contribution >= 0.6 is 0 Å². The van der Waals surface area contributed by atoms with Crippen LogP contribution in [0.4, 0.5) is 0 Å². The van der Waals surface area contributed by atoms with Crippen molar-refractivity contribution in [3.63, 3.8) is 0 Å².